The number of methoxy groups -OCH3 is 1. The fraction of sp³-hybridized carbons (Fsp3) is 0.0870. The van der Waals surface area contributed by atoms with Crippen molar-refractivity contribution < 1.29 is 14.3 Å². The Kier molecular flexibility index (Phi) is 6.26. The summed E-state index contributed by atoms with van der Waals surface area (Å²) in [5.74, 6) is 0.692. The lowest BCUT2D eigenvalue weighted by Gasteiger charge is -2.11. The number of aliphatic imine (C=N–C) groups is 1. The van der Waals surface area contributed by atoms with Gasteiger partial charge in [0.05, 0.1) is 17.7 Å². The molecule has 1 aliphatic rings. The normalized spacial score (nSPS) is 15.8. The van der Waals surface area contributed by atoms with E-state index in [1.807, 2.05) is 48.5 Å². The van der Waals surface area contributed by atoms with Crippen molar-refractivity contribution in [3.63, 3.8) is 0 Å². The SMILES string of the molecule is COc1cc(/C=C2\SC(=Nc3cccc4ccccc34)NC2=O)c(Br)cc1OCC#N. The maximum absolute atomic E-state index is 12.5. The molecule has 1 saturated heterocycles. The topological polar surface area (TPSA) is 83.7 Å². The number of ether oxygens (including phenoxy) is 2. The van der Waals surface area contributed by atoms with Gasteiger partial charge in [0.25, 0.3) is 5.91 Å². The first-order valence-corrected chi connectivity index (χ1v) is 10.8. The van der Waals surface area contributed by atoms with Gasteiger partial charge in [0.15, 0.2) is 23.3 Å². The number of nitrogens with one attached hydrogen (secondary N) is 1. The van der Waals surface area contributed by atoms with Crippen molar-refractivity contribution in [2.45, 2.75) is 0 Å². The number of nitriles is 1. The zero-order valence-corrected chi connectivity index (χ0v) is 18.8. The van der Waals surface area contributed by atoms with Crippen LogP contribution in [0.5, 0.6) is 11.5 Å². The first kappa shape index (κ1) is 21.0. The number of amidine groups is 1. The van der Waals surface area contributed by atoms with Crippen molar-refractivity contribution in [1.82, 2.24) is 5.32 Å². The summed E-state index contributed by atoms with van der Waals surface area (Å²) in [4.78, 5) is 17.7. The van der Waals surface area contributed by atoms with E-state index in [-0.39, 0.29) is 12.5 Å². The molecule has 0 aromatic heterocycles. The monoisotopic (exact) mass is 493 g/mol. The minimum Gasteiger partial charge on any atom is -0.493 e. The highest BCUT2D eigenvalue weighted by Crippen LogP contribution is 2.37. The van der Waals surface area contributed by atoms with Crippen molar-refractivity contribution in [3.8, 4) is 17.6 Å². The summed E-state index contributed by atoms with van der Waals surface area (Å²) in [5, 5.41) is 14.2. The highest BCUT2D eigenvalue weighted by atomic mass is 79.9. The molecule has 6 nitrogen and oxygen atoms in total. The molecule has 3 aromatic carbocycles. The zero-order chi connectivity index (χ0) is 21.8. The second kappa shape index (κ2) is 9.25. The lowest BCUT2D eigenvalue weighted by molar-refractivity contribution is -0.115. The summed E-state index contributed by atoms with van der Waals surface area (Å²) in [6.45, 7) is -0.0878. The fourth-order valence-corrected chi connectivity index (χ4v) is 4.34. The number of fused-ring (bicyclic) bond motifs is 1. The zero-order valence-electron chi connectivity index (χ0n) is 16.4. The number of hydrogen-bond acceptors (Lipinski definition) is 6. The maximum Gasteiger partial charge on any atom is 0.264 e. The Hall–Kier alpha value is -3.28. The van der Waals surface area contributed by atoms with E-state index in [4.69, 9.17) is 14.7 Å². The highest BCUT2D eigenvalue weighted by molar-refractivity contribution is 9.10. The average Bonchev–Trinajstić information content (AvgIpc) is 3.12. The molecule has 0 saturated carbocycles. The molecule has 1 aliphatic heterocycles. The van der Waals surface area contributed by atoms with Crippen LogP contribution < -0.4 is 14.8 Å². The molecule has 1 fully saturated rings. The average molecular weight is 494 g/mol. The van der Waals surface area contributed by atoms with Crippen molar-refractivity contribution in [3.05, 3.63) is 69.5 Å². The van der Waals surface area contributed by atoms with Gasteiger partial charge in [0, 0.05) is 9.86 Å². The number of benzene rings is 3. The lowest BCUT2D eigenvalue weighted by Crippen LogP contribution is -2.19. The summed E-state index contributed by atoms with van der Waals surface area (Å²) in [5.41, 5.74) is 1.54. The minimum atomic E-state index is -0.223. The standard InChI is InChI=1S/C23H16BrN3O3S/c1-29-19-11-15(17(24)13-20(19)30-10-9-25)12-21-22(28)27-23(31-21)26-18-8-4-6-14-5-2-3-7-16(14)18/h2-8,11-13H,10H2,1H3,(H,26,27,28)/b21-12-. The molecule has 0 aliphatic carbocycles. The Labute approximate surface area is 191 Å². The Morgan fingerprint density at radius 1 is 1.19 bits per heavy atom. The largest absolute Gasteiger partial charge is 0.493 e. The molecule has 1 heterocycles. The van der Waals surface area contributed by atoms with Crippen LogP contribution >= 0.6 is 27.7 Å². The number of amides is 1. The van der Waals surface area contributed by atoms with E-state index < -0.39 is 0 Å². The summed E-state index contributed by atoms with van der Waals surface area (Å²) in [6, 6.07) is 19.3. The van der Waals surface area contributed by atoms with Crippen molar-refractivity contribution in [2.24, 2.45) is 4.99 Å². The Balaban J connectivity index is 1.64. The first-order chi connectivity index (χ1) is 15.1. The lowest BCUT2D eigenvalue weighted by atomic mass is 10.1. The maximum atomic E-state index is 12.5. The van der Waals surface area contributed by atoms with Gasteiger partial charge < -0.3 is 14.8 Å². The number of rotatable bonds is 5. The Morgan fingerprint density at radius 2 is 2.00 bits per heavy atom. The van der Waals surface area contributed by atoms with Crippen LogP contribution in [0.1, 0.15) is 5.56 Å². The second-order valence-electron chi connectivity index (χ2n) is 6.45. The van der Waals surface area contributed by atoms with Crippen LogP contribution in [0.2, 0.25) is 0 Å². The third-order valence-corrected chi connectivity index (χ3v) is 6.10. The molecular formula is C23H16BrN3O3S. The second-order valence-corrected chi connectivity index (χ2v) is 8.34. The Morgan fingerprint density at radius 3 is 2.81 bits per heavy atom. The van der Waals surface area contributed by atoms with Crippen LogP contribution in [0, 0.1) is 11.3 Å². The third kappa shape index (κ3) is 4.58. The molecule has 4 rings (SSSR count). The molecular weight excluding hydrogens is 478 g/mol. The van der Waals surface area contributed by atoms with Gasteiger partial charge in [-0.2, -0.15) is 5.26 Å². The van der Waals surface area contributed by atoms with Crippen LogP contribution in [-0.2, 0) is 4.79 Å². The van der Waals surface area contributed by atoms with E-state index in [2.05, 4.69) is 26.2 Å². The van der Waals surface area contributed by atoms with E-state index in [9.17, 15) is 4.79 Å². The predicted molar refractivity (Wildman–Crippen MR) is 127 cm³/mol. The molecule has 0 bridgehead atoms. The van der Waals surface area contributed by atoms with Gasteiger partial charge in [-0.15, -0.1) is 0 Å². The number of halogens is 1. The van der Waals surface area contributed by atoms with Gasteiger partial charge in [0.2, 0.25) is 0 Å². The van der Waals surface area contributed by atoms with Crippen molar-refractivity contribution >= 4 is 61.3 Å². The summed E-state index contributed by atoms with van der Waals surface area (Å²) in [7, 11) is 1.52. The molecule has 1 N–H and O–H groups in total. The van der Waals surface area contributed by atoms with Gasteiger partial charge in [-0.3, -0.25) is 4.79 Å². The highest BCUT2D eigenvalue weighted by Gasteiger charge is 2.24. The van der Waals surface area contributed by atoms with Gasteiger partial charge in [-0.05, 0) is 47.0 Å². The van der Waals surface area contributed by atoms with Crippen LogP contribution in [0.4, 0.5) is 5.69 Å². The molecule has 0 unspecified atom stereocenters. The van der Waals surface area contributed by atoms with Crippen LogP contribution in [0.15, 0.2) is 69.0 Å². The molecule has 8 heteroatoms. The van der Waals surface area contributed by atoms with Crippen LogP contribution in [0.25, 0.3) is 16.8 Å². The molecule has 3 aromatic rings. The first-order valence-electron chi connectivity index (χ1n) is 9.23. The number of thioether (sulfide) groups is 1. The fourth-order valence-electron chi connectivity index (χ4n) is 3.08. The van der Waals surface area contributed by atoms with E-state index in [1.165, 1.54) is 18.9 Å². The van der Waals surface area contributed by atoms with Crippen LogP contribution in [0.3, 0.4) is 0 Å². The number of hydrogen-bond donors (Lipinski definition) is 1. The van der Waals surface area contributed by atoms with E-state index in [1.54, 1.807) is 18.2 Å². The Bertz CT molecular complexity index is 1280. The smallest absolute Gasteiger partial charge is 0.264 e. The van der Waals surface area contributed by atoms with Crippen molar-refractivity contribution in [1.29, 1.82) is 5.26 Å². The quantitative estimate of drug-likeness (QED) is 0.480. The number of carbonyl (C=O) groups is 1. The van der Waals surface area contributed by atoms with Crippen LogP contribution in [-0.4, -0.2) is 24.8 Å². The van der Waals surface area contributed by atoms with Gasteiger partial charge in [-0.1, -0.05) is 52.3 Å². The summed E-state index contributed by atoms with van der Waals surface area (Å²) in [6.07, 6.45) is 1.76. The van der Waals surface area contributed by atoms with E-state index >= 15 is 0 Å². The summed E-state index contributed by atoms with van der Waals surface area (Å²) >= 11 is 4.76. The van der Waals surface area contributed by atoms with Crippen molar-refractivity contribution in [2.75, 3.05) is 13.7 Å². The third-order valence-electron chi connectivity index (χ3n) is 4.50. The van der Waals surface area contributed by atoms with Gasteiger partial charge in [0.1, 0.15) is 6.07 Å². The molecule has 0 atom stereocenters. The molecule has 1 amide bonds. The number of nitrogens with zero attached hydrogens (tertiary/aromatic N) is 2. The predicted octanol–water partition coefficient (Wildman–Crippen LogP) is 5.40. The summed E-state index contributed by atoms with van der Waals surface area (Å²) < 4.78 is 11.4. The van der Waals surface area contributed by atoms with E-state index in [0.29, 0.717) is 26.0 Å². The van der Waals surface area contributed by atoms with E-state index in [0.717, 1.165) is 22.0 Å². The van der Waals surface area contributed by atoms with Gasteiger partial charge in [-0.25, -0.2) is 4.99 Å². The number of carbonyl (C=O) groups excluding carboxylic acids is 1. The van der Waals surface area contributed by atoms with Gasteiger partial charge >= 0.3 is 0 Å². The molecule has 154 valence electrons. The molecule has 0 spiro atoms. The molecule has 31 heavy (non-hydrogen) atoms. The molecule has 0 radical (unpaired) electrons. The minimum absolute atomic E-state index is 0.0878.